The molecule has 3 amide bonds. The van der Waals surface area contributed by atoms with E-state index in [-0.39, 0.29) is 18.5 Å². The minimum Gasteiger partial charge on any atom is -0.463 e. The third-order valence-corrected chi connectivity index (χ3v) is 6.24. The van der Waals surface area contributed by atoms with Gasteiger partial charge in [-0.15, -0.1) is 0 Å². The average molecular weight is 518 g/mol. The van der Waals surface area contributed by atoms with Crippen LogP contribution in [0.3, 0.4) is 0 Å². The Hall–Kier alpha value is -4.10. The summed E-state index contributed by atoms with van der Waals surface area (Å²) in [5.41, 5.74) is 3.04. The van der Waals surface area contributed by atoms with Crippen LogP contribution >= 0.6 is 11.6 Å². The van der Waals surface area contributed by atoms with E-state index in [1.165, 1.54) is 0 Å². The van der Waals surface area contributed by atoms with Crippen molar-refractivity contribution in [1.29, 1.82) is 0 Å². The van der Waals surface area contributed by atoms with Gasteiger partial charge >= 0.3 is 12.0 Å². The Balaban J connectivity index is 1.80. The first-order valence-electron chi connectivity index (χ1n) is 12.1. The number of amides is 3. The summed E-state index contributed by atoms with van der Waals surface area (Å²) in [6.45, 7) is 4.33. The number of ether oxygens (including phenoxy) is 1. The summed E-state index contributed by atoms with van der Waals surface area (Å²) in [4.78, 5) is 41.1. The first-order chi connectivity index (χ1) is 17.9. The normalized spacial score (nSPS) is 15.3. The first-order valence-corrected chi connectivity index (χ1v) is 12.5. The SMILES string of the molecule is CCCN1C(=O)NC(c2cccc(NC(=O)c3ccccc3Cl)c2)C(C(=O)OCC)=C1c1ccccc1. The molecule has 37 heavy (non-hydrogen) atoms. The molecule has 4 rings (SSSR count). The van der Waals surface area contributed by atoms with Gasteiger partial charge in [-0.25, -0.2) is 9.59 Å². The number of hydrogen-bond acceptors (Lipinski definition) is 4. The van der Waals surface area contributed by atoms with Gasteiger partial charge in [-0.05, 0) is 48.7 Å². The number of rotatable bonds is 8. The van der Waals surface area contributed by atoms with Crippen molar-refractivity contribution in [3.63, 3.8) is 0 Å². The van der Waals surface area contributed by atoms with Gasteiger partial charge in [0, 0.05) is 12.2 Å². The van der Waals surface area contributed by atoms with E-state index >= 15 is 0 Å². The molecule has 0 saturated carbocycles. The molecule has 0 bridgehead atoms. The van der Waals surface area contributed by atoms with E-state index < -0.39 is 12.0 Å². The maximum atomic E-state index is 13.4. The van der Waals surface area contributed by atoms with Crippen molar-refractivity contribution < 1.29 is 19.1 Å². The van der Waals surface area contributed by atoms with Crippen molar-refractivity contribution >= 4 is 40.9 Å². The second-order valence-electron chi connectivity index (χ2n) is 8.44. The topological polar surface area (TPSA) is 87.7 Å². The van der Waals surface area contributed by atoms with Crippen LogP contribution in [0.15, 0.2) is 84.4 Å². The van der Waals surface area contributed by atoms with Gasteiger partial charge in [-0.3, -0.25) is 9.69 Å². The van der Waals surface area contributed by atoms with Crippen molar-refractivity contribution in [2.24, 2.45) is 0 Å². The summed E-state index contributed by atoms with van der Waals surface area (Å²) in [5.74, 6) is -0.881. The molecular formula is C29H28ClN3O4. The van der Waals surface area contributed by atoms with Crippen LogP contribution in [0.5, 0.6) is 0 Å². The number of nitrogens with zero attached hydrogens (tertiary/aromatic N) is 1. The number of carbonyl (C=O) groups is 3. The Labute approximate surface area is 221 Å². The second kappa shape index (κ2) is 11.8. The number of halogens is 1. The smallest absolute Gasteiger partial charge is 0.338 e. The summed E-state index contributed by atoms with van der Waals surface area (Å²) < 4.78 is 5.45. The van der Waals surface area contributed by atoms with Crippen molar-refractivity contribution in [3.8, 4) is 0 Å². The maximum Gasteiger partial charge on any atom is 0.338 e. The molecule has 2 N–H and O–H groups in total. The molecular weight excluding hydrogens is 490 g/mol. The zero-order chi connectivity index (χ0) is 26.4. The fraction of sp³-hybridized carbons (Fsp3) is 0.207. The van der Waals surface area contributed by atoms with Crippen molar-refractivity contribution in [2.45, 2.75) is 26.3 Å². The Morgan fingerprint density at radius 3 is 2.43 bits per heavy atom. The average Bonchev–Trinajstić information content (AvgIpc) is 2.90. The lowest BCUT2D eigenvalue weighted by atomic mass is 9.91. The fourth-order valence-corrected chi connectivity index (χ4v) is 4.54. The van der Waals surface area contributed by atoms with Gasteiger partial charge in [0.2, 0.25) is 0 Å². The summed E-state index contributed by atoms with van der Waals surface area (Å²) in [5, 5.41) is 6.16. The van der Waals surface area contributed by atoms with Gasteiger partial charge in [0.1, 0.15) is 0 Å². The number of hydrogen-bond donors (Lipinski definition) is 2. The van der Waals surface area contributed by atoms with Crippen LogP contribution in [0.1, 0.15) is 47.8 Å². The fourth-order valence-electron chi connectivity index (χ4n) is 4.31. The largest absolute Gasteiger partial charge is 0.463 e. The van der Waals surface area contributed by atoms with Crippen LogP contribution in [0.25, 0.3) is 5.70 Å². The molecule has 8 heteroatoms. The van der Waals surface area contributed by atoms with Crippen molar-refractivity contribution in [3.05, 3.63) is 106 Å². The van der Waals surface area contributed by atoms with Gasteiger partial charge in [0.15, 0.2) is 0 Å². The number of esters is 1. The molecule has 1 heterocycles. The molecule has 1 aliphatic heterocycles. The van der Waals surface area contributed by atoms with Crippen LogP contribution in [0.2, 0.25) is 5.02 Å². The van der Waals surface area contributed by atoms with Crippen LogP contribution in [-0.2, 0) is 9.53 Å². The van der Waals surface area contributed by atoms with Gasteiger partial charge in [0.25, 0.3) is 5.91 Å². The minimum atomic E-state index is -0.785. The third kappa shape index (κ3) is 5.67. The predicted octanol–water partition coefficient (Wildman–Crippen LogP) is 6.04. The quantitative estimate of drug-likeness (QED) is 0.356. The van der Waals surface area contributed by atoms with E-state index in [1.807, 2.05) is 37.3 Å². The second-order valence-corrected chi connectivity index (χ2v) is 8.85. The van der Waals surface area contributed by atoms with E-state index in [2.05, 4.69) is 10.6 Å². The Morgan fingerprint density at radius 1 is 1.00 bits per heavy atom. The van der Waals surface area contributed by atoms with Crippen LogP contribution in [0.4, 0.5) is 10.5 Å². The van der Waals surface area contributed by atoms with Crippen molar-refractivity contribution in [2.75, 3.05) is 18.5 Å². The molecule has 1 atom stereocenters. The highest BCUT2D eigenvalue weighted by Gasteiger charge is 2.38. The Kier molecular flexibility index (Phi) is 8.25. The molecule has 0 aromatic heterocycles. The number of benzene rings is 3. The molecule has 0 fully saturated rings. The standard InChI is InChI=1S/C29H28ClN3O4/c1-3-17-33-26(19-11-6-5-7-12-19)24(28(35)37-4-2)25(32-29(33)36)20-13-10-14-21(18-20)31-27(34)22-15-8-9-16-23(22)30/h5-16,18,25H,3-4,17H2,1-2H3,(H,31,34)(H,32,36). The minimum absolute atomic E-state index is 0.187. The number of carbonyl (C=O) groups excluding carboxylic acids is 3. The molecule has 190 valence electrons. The highest BCUT2D eigenvalue weighted by Crippen LogP contribution is 2.37. The monoisotopic (exact) mass is 517 g/mol. The molecule has 0 saturated heterocycles. The summed E-state index contributed by atoms with van der Waals surface area (Å²) in [6, 6.07) is 22.0. The summed E-state index contributed by atoms with van der Waals surface area (Å²) in [6.07, 6.45) is 0.702. The van der Waals surface area contributed by atoms with Gasteiger partial charge in [0.05, 0.1) is 34.5 Å². The zero-order valence-electron chi connectivity index (χ0n) is 20.7. The summed E-state index contributed by atoms with van der Waals surface area (Å²) in [7, 11) is 0. The third-order valence-electron chi connectivity index (χ3n) is 5.91. The molecule has 0 radical (unpaired) electrons. The van der Waals surface area contributed by atoms with Crippen molar-refractivity contribution in [1.82, 2.24) is 10.2 Å². The molecule has 7 nitrogen and oxygen atoms in total. The van der Waals surface area contributed by atoms with Gasteiger partial charge < -0.3 is 15.4 Å². The molecule has 3 aromatic rings. The molecule has 0 spiro atoms. The van der Waals surface area contributed by atoms with E-state index in [0.29, 0.717) is 46.1 Å². The maximum absolute atomic E-state index is 13.4. The van der Waals surface area contributed by atoms with E-state index in [9.17, 15) is 14.4 Å². The van der Waals surface area contributed by atoms with Gasteiger partial charge in [-0.2, -0.15) is 0 Å². The lowest BCUT2D eigenvalue weighted by molar-refractivity contribution is -0.138. The Bertz CT molecular complexity index is 1340. The summed E-state index contributed by atoms with van der Waals surface area (Å²) >= 11 is 6.18. The van der Waals surface area contributed by atoms with Crippen LogP contribution in [-0.4, -0.2) is 36.0 Å². The van der Waals surface area contributed by atoms with Crippen LogP contribution < -0.4 is 10.6 Å². The first kappa shape index (κ1) is 26.0. The molecule has 1 unspecified atom stereocenters. The van der Waals surface area contributed by atoms with E-state index in [1.54, 1.807) is 60.4 Å². The van der Waals surface area contributed by atoms with Crippen LogP contribution in [0, 0.1) is 0 Å². The number of urea groups is 1. The lowest BCUT2D eigenvalue weighted by Crippen LogP contribution is -2.48. The highest BCUT2D eigenvalue weighted by atomic mass is 35.5. The molecule has 1 aliphatic rings. The highest BCUT2D eigenvalue weighted by molar-refractivity contribution is 6.34. The van der Waals surface area contributed by atoms with E-state index in [4.69, 9.17) is 16.3 Å². The Morgan fingerprint density at radius 2 is 1.73 bits per heavy atom. The number of anilines is 1. The lowest BCUT2D eigenvalue weighted by Gasteiger charge is -2.37. The van der Waals surface area contributed by atoms with E-state index in [0.717, 1.165) is 5.56 Å². The molecule has 0 aliphatic carbocycles. The number of nitrogens with one attached hydrogen (secondary N) is 2. The molecule has 3 aromatic carbocycles. The zero-order valence-corrected chi connectivity index (χ0v) is 21.4. The predicted molar refractivity (Wildman–Crippen MR) is 144 cm³/mol. The van der Waals surface area contributed by atoms with Gasteiger partial charge in [-0.1, -0.05) is 73.1 Å².